The van der Waals surface area contributed by atoms with Crippen molar-refractivity contribution >= 4 is 11.6 Å². The van der Waals surface area contributed by atoms with Crippen molar-refractivity contribution in [3.63, 3.8) is 0 Å². The van der Waals surface area contributed by atoms with Crippen molar-refractivity contribution in [1.29, 1.82) is 0 Å². The van der Waals surface area contributed by atoms with Crippen molar-refractivity contribution in [2.75, 3.05) is 20.7 Å². The average Bonchev–Trinajstić information content (AvgIpc) is 3.13. The van der Waals surface area contributed by atoms with Gasteiger partial charge < -0.3 is 4.74 Å². The highest BCUT2D eigenvalue weighted by Crippen LogP contribution is 2.35. The summed E-state index contributed by atoms with van der Waals surface area (Å²) in [5, 5.41) is 6.47. The van der Waals surface area contributed by atoms with Crippen molar-refractivity contribution in [3.8, 4) is 5.75 Å². The highest BCUT2D eigenvalue weighted by atomic mass is 16.5. The highest BCUT2D eigenvalue weighted by Gasteiger charge is 2.34. The number of ether oxygens (including phenoxy) is 1. The van der Waals surface area contributed by atoms with Gasteiger partial charge in [0.05, 0.1) is 25.4 Å². The number of hydrogen-bond donors (Lipinski definition) is 0. The summed E-state index contributed by atoms with van der Waals surface area (Å²) < 4.78 is 5.26. The van der Waals surface area contributed by atoms with E-state index < -0.39 is 0 Å². The van der Waals surface area contributed by atoms with Crippen molar-refractivity contribution in [2.45, 2.75) is 46.2 Å². The van der Waals surface area contributed by atoms with Crippen LogP contribution in [-0.2, 0) is 4.79 Å². The summed E-state index contributed by atoms with van der Waals surface area (Å²) in [4.78, 5) is 15.2. The fraction of sp³-hybridized carbons (Fsp3) is 0.417. The van der Waals surface area contributed by atoms with E-state index in [-0.39, 0.29) is 11.9 Å². The zero-order valence-corrected chi connectivity index (χ0v) is 18.3. The topological polar surface area (TPSA) is 45.1 Å². The van der Waals surface area contributed by atoms with E-state index >= 15 is 0 Å². The quantitative estimate of drug-likeness (QED) is 0.734. The third kappa shape index (κ3) is 4.67. The Hall–Kier alpha value is -2.66. The number of aryl methyl sites for hydroxylation is 2. The second kappa shape index (κ2) is 8.78. The van der Waals surface area contributed by atoms with Crippen LogP contribution in [0.3, 0.4) is 0 Å². The van der Waals surface area contributed by atoms with Crippen LogP contribution in [0.5, 0.6) is 5.75 Å². The molecule has 0 aromatic heterocycles. The molecule has 1 amide bonds. The lowest BCUT2D eigenvalue weighted by Gasteiger charge is -2.27. The van der Waals surface area contributed by atoms with Gasteiger partial charge in [-0.15, -0.1) is 0 Å². The lowest BCUT2D eigenvalue weighted by Crippen LogP contribution is -2.39. The first-order valence-corrected chi connectivity index (χ1v) is 10.1. The van der Waals surface area contributed by atoms with Gasteiger partial charge in [-0.3, -0.25) is 9.69 Å². The van der Waals surface area contributed by atoms with Gasteiger partial charge in [-0.25, -0.2) is 5.01 Å². The number of nitrogens with zero attached hydrogens (tertiary/aromatic N) is 3. The molecule has 5 heteroatoms. The van der Waals surface area contributed by atoms with Gasteiger partial charge in [0.15, 0.2) is 0 Å². The molecule has 154 valence electrons. The summed E-state index contributed by atoms with van der Waals surface area (Å²) in [5.74, 6) is 0.833. The predicted molar refractivity (Wildman–Crippen MR) is 117 cm³/mol. The Balaban J connectivity index is 1.94. The van der Waals surface area contributed by atoms with Gasteiger partial charge in [-0.2, -0.15) is 5.10 Å². The van der Waals surface area contributed by atoms with Crippen molar-refractivity contribution in [3.05, 3.63) is 64.7 Å². The van der Waals surface area contributed by atoms with Gasteiger partial charge in [-0.1, -0.05) is 23.8 Å². The van der Waals surface area contributed by atoms with Crippen LogP contribution >= 0.6 is 0 Å². The monoisotopic (exact) mass is 393 g/mol. The first kappa shape index (κ1) is 21.1. The summed E-state index contributed by atoms with van der Waals surface area (Å²) in [6.45, 7) is 8.72. The predicted octanol–water partition coefficient (Wildman–Crippen LogP) is 4.33. The van der Waals surface area contributed by atoms with Crippen LogP contribution in [0.4, 0.5) is 0 Å². The van der Waals surface area contributed by atoms with Crippen molar-refractivity contribution in [2.24, 2.45) is 5.10 Å². The average molecular weight is 394 g/mol. The van der Waals surface area contributed by atoms with E-state index in [1.807, 2.05) is 36.2 Å². The van der Waals surface area contributed by atoms with Crippen LogP contribution in [-0.4, -0.2) is 48.3 Å². The number of amides is 1. The van der Waals surface area contributed by atoms with Gasteiger partial charge >= 0.3 is 0 Å². The van der Waals surface area contributed by atoms with Gasteiger partial charge in [0, 0.05) is 12.5 Å². The molecule has 0 aliphatic carbocycles. The van der Waals surface area contributed by atoms with Crippen LogP contribution in [0.2, 0.25) is 0 Å². The van der Waals surface area contributed by atoms with Crippen LogP contribution in [0.1, 0.15) is 48.6 Å². The number of rotatable bonds is 6. The minimum absolute atomic E-state index is 0.0229. The normalized spacial score (nSPS) is 16.5. The molecule has 0 N–H and O–H groups in total. The van der Waals surface area contributed by atoms with E-state index in [0.29, 0.717) is 19.0 Å². The van der Waals surface area contributed by atoms with Crippen LogP contribution < -0.4 is 4.74 Å². The number of hydrogen-bond acceptors (Lipinski definition) is 4. The fourth-order valence-electron chi connectivity index (χ4n) is 3.61. The van der Waals surface area contributed by atoms with Crippen molar-refractivity contribution in [1.82, 2.24) is 9.91 Å². The molecule has 0 saturated carbocycles. The number of likely N-dealkylation sites (N-methyl/N-ethyl adjacent to an activating group) is 1. The zero-order chi connectivity index (χ0) is 21.1. The smallest absolute Gasteiger partial charge is 0.257 e. The number of benzene rings is 2. The Kier molecular flexibility index (Phi) is 6.38. The molecule has 29 heavy (non-hydrogen) atoms. The van der Waals surface area contributed by atoms with Crippen LogP contribution in [0, 0.1) is 13.8 Å². The molecule has 1 heterocycles. The first-order chi connectivity index (χ1) is 13.8. The van der Waals surface area contributed by atoms with Gasteiger partial charge in [0.2, 0.25) is 0 Å². The standard InChI is InChI=1S/C24H31N3O2/c1-16(2)26(5)15-24(28)27-23(21-12-7-17(3)13-18(21)4)14-22(25-27)19-8-10-20(29-6)11-9-19/h7-13,16,23H,14-15H2,1-6H3/t23-/m1/s1. The third-order valence-corrected chi connectivity index (χ3v) is 5.64. The maximum absolute atomic E-state index is 13.2. The Morgan fingerprint density at radius 1 is 1.21 bits per heavy atom. The fourth-order valence-corrected chi connectivity index (χ4v) is 3.61. The molecular weight excluding hydrogens is 362 g/mol. The lowest BCUT2D eigenvalue weighted by atomic mass is 9.94. The van der Waals surface area contributed by atoms with E-state index in [1.165, 1.54) is 11.1 Å². The van der Waals surface area contributed by atoms with Crippen molar-refractivity contribution < 1.29 is 9.53 Å². The summed E-state index contributed by atoms with van der Waals surface area (Å²) in [5.41, 5.74) is 5.52. The number of carbonyl (C=O) groups excluding carboxylic acids is 1. The molecule has 0 unspecified atom stereocenters. The van der Waals surface area contributed by atoms with Crippen LogP contribution in [0.25, 0.3) is 0 Å². The molecule has 0 fully saturated rings. The SMILES string of the molecule is COc1ccc(C2=NN(C(=O)CN(C)C(C)C)[C@@H](c3ccc(C)cc3C)C2)cc1. The second-order valence-electron chi connectivity index (χ2n) is 8.10. The summed E-state index contributed by atoms with van der Waals surface area (Å²) in [6, 6.07) is 14.5. The molecule has 3 rings (SSSR count). The third-order valence-electron chi connectivity index (χ3n) is 5.64. The molecular formula is C24H31N3O2. The molecule has 0 saturated heterocycles. The second-order valence-corrected chi connectivity index (χ2v) is 8.10. The molecule has 1 aliphatic heterocycles. The lowest BCUT2D eigenvalue weighted by molar-refractivity contribution is -0.134. The van der Waals surface area contributed by atoms with Gasteiger partial charge in [0.25, 0.3) is 5.91 Å². The molecule has 0 radical (unpaired) electrons. The van der Waals surface area contributed by atoms with E-state index in [1.54, 1.807) is 12.1 Å². The summed E-state index contributed by atoms with van der Waals surface area (Å²) in [6.07, 6.45) is 0.702. The molecule has 0 spiro atoms. The molecule has 1 aliphatic rings. The van der Waals surface area contributed by atoms with E-state index in [9.17, 15) is 4.79 Å². The largest absolute Gasteiger partial charge is 0.497 e. The van der Waals surface area contributed by atoms with E-state index in [2.05, 4.69) is 45.9 Å². The molecule has 1 atom stereocenters. The molecule has 5 nitrogen and oxygen atoms in total. The Labute approximate surface area is 174 Å². The molecule has 0 bridgehead atoms. The highest BCUT2D eigenvalue weighted by molar-refractivity contribution is 6.03. The van der Waals surface area contributed by atoms with Crippen LogP contribution in [0.15, 0.2) is 47.6 Å². The Morgan fingerprint density at radius 3 is 2.48 bits per heavy atom. The minimum atomic E-state index is -0.0826. The molecule has 2 aromatic rings. The summed E-state index contributed by atoms with van der Waals surface area (Å²) >= 11 is 0. The van der Waals surface area contributed by atoms with E-state index in [0.717, 1.165) is 22.6 Å². The Bertz CT molecular complexity index is 903. The van der Waals surface area contributed by atoms with E-state index in [4.69, 9.17) is 9.84 Å². The zero-order valence-electron chi connectivity index (χ0n) is 18.3. The maximum Gasteiger partial charge on any atom is 0.257 e. The minimum Gasteiger partial charge on any atom is -0.497 e. The maximum atomic E-state index is 13.2. The summed E-state index contributed by atoms with van der Waals surface area (Å²) in [7, 11) is 3.63. The Morgan fingerprint density at radius 2 is 1.90 bits per heavy atom. The van der Waals surface area contributed by atoms with Gasteiger partial charge in [-0.05, 0) is 75.7 Å². The molecule has 2 aromatic carbocycles. The first-order valence-electron chi connectivity index (χ1n) is 10.1. The number of carbonyl (C=O) groups is 1. The number of hydrazone groups is 1. The van der Waals surface area contributed by atoms with Gasteiger partial charge in [0.1, 0.15) is 5.75 Å². The number of methoxy groups -OCH3 is 1.